The summed E-state index contributed by atoms with van der Waals surface area (Å²) in [5.41, 5.74) is 1.70. The topological polar surface area (TPSA) is 0 Å². The number of hydrogen-bond donors (Lipinski definition) is 0. The standard InChI is InChI=1S/C10H18Si2/c1-8-9-6-7-10(8)12(4,5)11(9,2)3/h6H,7H2,1-5H3. The van der Waals surface area contributed by atoms with Gasteiger partial charge in [0.05, 0.1) is 15.2 Å². The van der Waals surface area contributed by atoms with E-state index in [1.165, 1.54) is 6.42 Å². The molecule has 0 nitrogen and oxygen atoms in total. The summed E-state index contributed by atoms with van der Waals surface area (Å²) in [6, 6.07) is 0. The molecule has 0 unspecified atom stereocenters. The van der Waals surface area contributed by atoms with Crippen LogP contribution in [0.4, 0.5) is 0 Å². The zero-order valence-corrected chi connectivity index (χ0v) is 10.8. The van der Waals surface area contributed by atoms with Crippen molar-refractivity contribution >= 4 is 15.2 Å². The van der Waals surface area contributed by atoms with Gasteiger partial charge in [0.15, 0.2) is 0 Å². The van der Waals surface area contributed by atoms with Gasteiger partial charge in [0.1, 0.15) is 0 Å². The van der Waals surface area contributed by atoms with Crippen molar-refractivity contribution in [2.24, 2.45) is 0 Å². The summed E-state index contributed by atoms with van der Waals surface area (Å²) in [6.45, 7) is 12.7. The van der Waals surface area contributed by atoms with Crippen LogP contribution in [0.25, 0.3) is 0 Å². The Kier molecular flexibility index (Phi) is 1.45. The molecule has 0 saturated heterocycles. The van der Waals surface area contributed by atoms with Gasteiger partial charge in [0.2, 0.25) is 0 Å². The summed E-state index contributed by atoms with van der Waals surface area (Å²) in [7, 11) is -1.94. The third-order valence-electron chi connectivity index (χ3n) is 4.36. The highest BCUT2D eigenvalue weighted by molar-refractivity contribution is 7.47. The first-order chi connectivity index (χ1) is 5.39. The lowest BCUT2D eigenvalue weighted by molar-refractivity contribution is 1.34. The number of hydrogen-bond acceptors (Lipinski definition) is 0. The van der Waals surface area contributed by atoms with Crippen molar-refractivity contribution in [3.05, 3.63) is 22.0 Å². The van der Waals surface area contributed by atoms with E-state index < -0.39 is 15.2 Å². The lowest BCUT2D eigenvalue weighted by atomic mass is 10.3. The Labute approximate surface area is 77.2 Å². The molecule has 0 N–H and O–H groups in total. The van der Waals surface area contributed by atoms with Crippen LogP contribution in [-0.4, -0.2) is 15.2 Å². The first-order valence-corrected chi connectivity index (χ1v) is 11.8. The fraction of sp³-hybridized carbons (Fsp3) is 0.600. The van der Waals surface area contributed by atoms with Gasteiger partial charge in [-0.2, -0.15) is 0 Å². The number of fused-ring (bicyclic) bond motifs is 1. The Morgan fingerprint density at radius 2 is 1.67 bits per heavy atom. The van der Waals surface area contributed by atoms with Crippen LogP contribution in [-0.2, 0) is 0 Å². The second kappa shape index (κ2) is 2.04. The van der Waals surface area contributed by atoms with E-state index in [-0.39, 0.29) is 0 Å². The molecule has 0 atom stereocenters. The minimum Gasteiger partial charge on any atom is -0.0816 e. The fourth-order valence-electron chi connectivity index (χ4n) is 2.83. The Balaban J connectivity index is 2.62. The summed E-state index contributed by atoms with van der Waals surface area (Å²) in [4.78, 5) is 0. The number of allylic oxidation sites excluding steroid dienone is 4. The summed E-state index contributed by atoms with van der Waals surface area (Å²) in [6.07, 6.45) is 3.81. The normalized spacial score (nSPS) is 29.6. The van der Waals surface area contributed by atoms with Gasteiger partial charge in [0.25, 0.3) is 0 Å². The van der Waals surface area contributed by atoms with Crippen LogP contribution >= 0.6 is 0 Å². The number of rotatable bonds is 0. The van der Waals surface area contributed by atoms with Crippen molar-refractivity contribution < 1.29 is 0 Å². The highest BCUT2D eigenvalue weighted by Crippen LogP contribution is 2.49. The zero-order chi connectivity index (χ0) is 9.15. The van der Waals surface area contributed by atoms with Crippen LogP contribution in [0, 0.1) is 0 Å². The molecule has 66 valence electrons. The Hall–Kier alpha value is -0.0862. The van der Waals surface area contributed by atoms with Gasteiger partial charge in [-0.1, -0.05) is 48.2 Å². The van der Waals surface area contributed by atoms with Gasteiger partial charge in [-0.25, -0.2) is 0 Å². The van der Waals surface area contributed by atoms with Crippen LogP contribution in [0.2, 0.25) is 26.2 Å². The maximum Gasteiger partial charge on any atom is 0.0787 e. The fourth-order valence-corrected chi connectivity index (χ4v) is 13.8. The predicted octanol–water partition coefficient (Wildman–Crippen LogP) is 3.22. The van der Waals surface area contributed by atoms with E-state index in [4.69, 9.17) is 0 Å². The first kappa shape index (κ1) is 8.51. The second-order valence-corrected chi connectivity index (χ2v) is 20.3. The molecule has 12 heavy (non-hydrogen) atoms. The molecule has 0 radical (unpaired) electrons. The Morgan fingerprint density at radius 3 is 1.92 bits per heavy atom. The maximum atomic E-state index is 2.58. The van der Waals surface area contributed by atoms with Gasteiger partial charge in [0, 0.05) is 0 Å². The smallest absolute Gasteiger partial charge is 0.0787 e. The first-order valence-electron chi connectivity index (χ1n) is 4.80. The minimum absolute atomic E-state index is 0.960. The molecule has 0 aromatic rings. The molecule has 2 bridgehead atoms. The minimum atomic E-state index is -0.985. The van der Waals surface area contributed by atoms with Crippen LogP contribution in [0.5, 0.6) is 0 Å². The molecule has 2 rings (SSSR count). The largest absolute Gasteiger partial charge is 0.0816 e. The van der Waals surface area contributed by atoms with E-state index >= 15 is 0 Å². The van der Waals surface area contributed by atoms with Crippen LogP contribution in [0.1, 0.15) is 13.3 Å². The molecule has 0 aromatic heterocycles. The quantitative estimate of drug-likeness (QED) is 0.520. The van der Waals surface area contributed by atoms with Crippen molar-refractivity contribution in [2.45, 2.75) is 39.5 Å². The molecule has 0 fully saturated rings. The highest BCUT2D eigenvalue weighted by Gasteiger charge is 2.54. The maximum absolute atomic E-state index is 2.58. The van der Waals surface area contributed by atoms with Gasteiger partial charge in [-0.3, -0.25) is 0 Å². The zero-order valence-electron chi connectivity index (χ0n) is 8.78. The molecular formula is C10H18Si2. The summed E-state index contributed by atoms with van der Waals surface area (Å²) in [5.74, 6) is 0. The molecule has 0 aromatic carbocycles. The van der Waals surface area contributed by atoms with Crippen molar-refractivity contribution in [1.82, 2.24) is 0 Å². The average Bonchev–Trinajstić information content (AvgIpc) is 2.33. The van der Waals surface area contributed by atoms with E-state index in [2.05, 4.69) is 39.2 Å². The predicted molar refractivity (Wildman–Crippen MR) is 60.4 cm³/mol. The molecule has 1 heterocycles. The molecule has 2 heteroatoms. The van der Waals surface area contributed by atoms with Gasteiger partial charge in [-0.05, 0) is 13.3 Å². The van der Waals surface area contributed by atoms with E-state index in [9.17, 15) is 0 Å². The molecule has 0 amide bonds. The van der Waals surface area contributed by atoms with Gasteiger partial charge >= 0.3 is 0 Å². The third kappa shape index (κ3) is 0.685. The highest BCUT2D eigenvalue weighted by atomic mass is 29.3. The second-order valence-electron chi connectivity index (χ2n) is 5.18. The van der Waals surface area contributed by atoms with Crippen molar-refractivity contribution in [3.63, 3.8) is 0 Å². The molecule has 1 aliphatic heterocycles. The van der Waals surface area contributed by atoms with Gasteiger partial charge in [-0.15, -0.1) is 0 Å². The van der Waals surface area contributed by atoms with Crippen molar-refractivity contribution in [1.29, 1.82) is 0 Å². The third-order valence-corrected chi connectivity index (χ3v) is 22.6. The van der Waals surface area contributed by atoms with Crippen LogP contribution < -0.4 is 0 Å². The average molecular weight is 194 g/mol. The van der Waals surface area contributed by atoms with Crippen LogP contribution in [0.15, 0.2) is 22.0 Å². The molecule has 1 aliphatic carbocycles. The van der Waals surface area contributed by atoms with Crippen molar-refractivity contribution in [2.75, 3.05) is 0 Å². The lowest BCUT2D eigenvalue weighted by Gasteiger charge is -2.37. The summed E-state index contributed by atoms with van der Waals surface area (Å²) < 4.78 is 0. The Morgan fingerprint density at radius 1 is 1.08 bits per heavy atom. The molecule has 0 spiro atoms. The molecular weight excluding hydrogens is 176 g/mol. The summed E-state index contributed by atoms with van der Waals surface area (Å²) in [5, 5.41) is 3.67. The molecule has 0 saturated carbocycles. The summed E-state index contributed by atoms with van der Waals surface area (Å²) >= 11 is 0. The molecule has 2 aliphatic rings. The van der Waals surface area contributed by atoms with E-state index in [1.807, 2.05) is 5.20 Å². The van der Waals surface area contributed by atoms with Crippen molar-refractivity contribution in [3.8, 4) is 0 Å². The Bertz CT molecular complexity index is 303. The van der Waals surface area contributed by atoms with E-state index in [0.29, 0.717) is 0 Å². The lowest BCUT2D eigenvalue weighted by Crippen LogP contribution is -2.55. The van der Waals surface area contributed by atoms with E-state index in [1.54, 1.807) is 10.8 Å². The van der Waals surface area contributed by atoms with E-state index in [0.717, 1.165) is 0 Å². The van der Waals surface area contributed by atoms with Crippen LogP contribution in [0.3, 0.4) is 0 Å². The monoisotopic (exact) mass is 194 g/mol. The SMILES string of the molecule is CC1=C2CC=C1[Si](C)(C)[Si]2(C)C. The van der Waals surface area contributed by atoms with Gasteiger partial charge < -0.3 is 0 Å².